The average Bonchev–Trinajstić information content (AvgIpc) is 2.35. The molecule has 0 saturated carbocycles. The Kier molecular flexibility index (Phi) is 6.38. The lowest BCUT2D eigenvalue weighted by Crippen LogP contribution is -2.11. The van der Waals surface area contributed by atoms with E-state index in [-0.39, 0.29) is 13.2 Å². The number of hydrogen-bond acceptors (Lipinski definition) is 3. The van der Waals surface area contributed by atoms with Crippen LogP contribution in [-0.2, 0) is 4.74 Å². The van der Waals surface area contributed by atoms with Gasteiger partial charge in [-0.3, -0.25) is 0 Å². The first-order chi connectivity index (χ1) is 9.41. The fourth-order valence-corrected chi connectivity index (χ4v) is 1.45. The minimum absolute atomic E-state index is 0.00163. The van der Waals surface area contributed by atoms with Crippen LogP contribution >= 0.6 is 0 Å². The Hall–Kier alpha value is -1.69. The second kappa shape index (κ2) is 7.79. The molecule has 1 rings (SSSR count). The van der Waals surface area contributed by atoms with E-state index in [1.165, 1.54) is 0 Å². The third-order valence-electron chi connectivity index (χ3n) is 2.56. The van der Waals surface area contributed by atoms with Crippen LogP contribution in [0.4, 0.5) is 8.78 Å². The topological polar surface area (TPSA) is 55.8 Å². The molecule has 0 bridgehead atoms. The largest absolute Gasteiger partial charge is 0.485 e. The Morgan fingerprint density at radius 2 is 1.80 bits per heavy atom. The van der Waals surface area contributed by atoms with Gasteiger partial charge in [0.25, 0.3) is 0 Å². The second-order valence-electron chi connectivity index (χ2n) is 4.72. The van der Waals surface area contributed by atoms with Gasteiger partial charge in [-0.05, 0) is 24.5 Å². The number of hydrogen-bond donors (Lipinski definition) is 1. The predicted molar refractivity (Wildman–Crippen MR) is 69.1 cm³/mol. The molecular formula is C14H18F2O4. The SMILES string of the molecule is CC(C)CCOCCOc1c(F)cc(C(=O)O)cc1F. The molecule has 0 amide bonds. The van der Waals surface area contributed by atoms with Gasteiger partial charge in [0.2, 0.25) is 0 Å². The molecule has 0 aliphatic heterocycles. The monoisotopic (exact) mass is 288 g/mol. The Morgan fingerprint density at radius 1 is 1.20 bits per heavy atom. The van der Waals surface area contributed by atoms with Crippen LogP contribution in [-0.4, -0.2) is 30.9 Å². The van der Waals surface area contributed by atoms with Crippen molar-refractivity contribution in [1.82, 2.24) is 0 Å². The van der Waals surface area contributed by atoms with Crippen molar-refractivity contribution in [3.05, 3.63) is 29.3 Å². The van der Waals surface area contributed by atoms with Crippen LogP contribution in [0.15, 0.2) is 12.1 Å². The summed E-state index contributed by atoms with van der Waals surface area (Å²) in [5.74, 6) is -3.53. The normalized spacial score (nSPS) is 10.8. The van der Waals surface area contributed by atoms with Gasteiger partial charge < -0.3 is 14.6 Å². The molecule has 0 radical (unpaired) electrons. The highest BCUT2D eigenvalue weighted by atomic mass is 19.1. The smallest absolute Gasteiger partial charge is 0.335 e. The van der Waals surface area contributed by atoms with E-state index >= 15 is 0 Å². The molecular weight excluding hydrogens is 270 g/mol. The van der Waals surface area contributed by atoms with Crippen LogP contribution in [0.1, 0.15) is 30.6 Å². The van der Waals surface area contributed by atoms with E-state index in [0.717, 1.165) is 18.6 Å². The maximum Gasteiger partial charge on any atom is 0.335 e. The molecule has 0 aliphatic carbocycles. The molecule has 0 saturated heterocycles. The van der Waals surface area contributed by atoms with E-state index in [4.69, 9.17) is 14.6 Å². The summed E-state index contributed by atoms with van der Waals surface area (Å²) in [6.45, 7) is 4.90. The summed E-state index contributed by atoms with van der Waals surface area (Å²) in [6, 6.07) is 1.45. The Balaban J connectivity index is 2.46. The number of aromatic carboxylic acids is 1. The summed E-state index contributed by atoms with van der Waals surface area (Å²) in [7, 11) is 0. The van der Waals surface area contributed by atoms with Crippen molar-refractivity contribution in [2.24, 2.45) is 5.92 Å². The third-order valence-corrected chi connectivity index (χ3v) is 2.56. The molecule has 0 fully saturated rings. The van der Waals surface area contributed by atoms with Crippen molar-refractivity contribution >= 4 is 5.97 Å². The molecule has 0 spiro atoms. The number of rotatable bonds is 8. The average molecular weight is 288 g/mol. The van der Waals surface area contributed by atoms with E-state index in [0.29, 0.717) is 12.5 Å². The lowest BCUT2D eigenvalue weighted by Gasteiger charge is -2.10. The first kappa shape index (κ1) is 16.4. The predicted octanol–water partition coefficient (Wildman–Crippen LogP) is 3.10. The van der Waals surface area contributed by atoms with E-state index in [1.807, 2.05) is 0 Å². The third kappa shape index (κ3) is 5.13. The van der Waals surface area contributed by atoms with Gasteiger partial charge in [-0.2, -0.15) is 0 Å². The molecule has 1 aromatic rings. The fourth-order valence-electron chi connectivity index (χ4n) is 1.45. The van der Waals surface area contributed by atoms with Crippen LogP contribution in [0.3, 0.4) is 0 Å². The van der Waals surface area contributed by atoms with Crippen LogP contribution < -0.4 is 4.74 Å². The Morgan fingerprint density at radius 3 is 2.30 bits per heavy atom. The van der Waals surface area contributed by atoms with E-state index in [9.17, 15) is 13.6 Å². The van der Waals surface area contributed by atoms with E-state index in [2.05, 4.69) is 13.8 Å². The van der Waals surface area contributed by atoms with Gasteiger partial charge in [0, 0.05) is 6.61 Å². The van der Waals surface area contributed by atoms with Gasteiger partial charge in [0.1, 0.15) is 6.61 Å². The highest BCUT2D eigenvalue weighted by Crippen LogP contribution is 2.23. The van der Waals surface area contributed by atoms with E-state index < -0.39 is 28.9 Å². The van der Waals surface area contributed by atoms with Crippen LogP contribution in [0.25, 0.3) is 0 Å². The number of ether oxygens (including phenoxy) is 2. The molecule has 20 heavy (non-hydrogen) atoms. The van der Waals surface area contributed by atoms with Crippen LogP contribution in [0.5, 0.6) is 5.75 Å². The summed E-state index contributed by atoms with van der Waals surface area (Å²) in [6.07, 6.45) is 0.899. The Labute approximate surface area is 116 Å². The standard InChI is InChI=1S/C14H18F2O4/c1-9(2)3-4-19-5-6-20-13-11(15)7-10(14(17)18)8-12(13)16/h7-9H,3-6H2,1-2H3,(H,17,18). The molecule has 1 aromatic carbocycles. The van der Waals surface area contributed by atoms with Crippen molar-refractivity contribution in [3.63, 3.8) is 0 Å². The number of benzene rings is 1. The quantitative estimate of drug-likeness (QED) is 0.747. The van der Waals surface area contributed by atoms with Gasteiger partial charge in [0.15, 0.2) is 17.4 Å². The summed E-state index contributed by atoms with van der Waals surface area (Å²) >= 11 is 0. The van der Waals surface area contributed by atoms with Crippen LogP contribution in [0.2, 0.25) is 0 Å². The summed E-state index contributed by atoms with van der Waals surface area (Å²) in [5.41, 5.74) is -0.458. The van der Waals surface area contributed by atoms with Crippen molar-refractivity contribution in [2.45, 2.75) is 20.3 Å². The number of carboxylic acids is 1. The molecule has 0 aliphatic rings. The van der Waals surface area contributed by atoms with Crippen molar-refractivity contribution < 1.29 is 28.2 Å². The van der Waals surface area contributed by atoms with Crippen LogP contribution in [0, 0.1) is 17.6 Å². The molecule has 0 atom stereocenters. The first-order valence-corrected chi connectivity index (χ1v) is 6.34. The molecule has 4 nitrogen and oxygen atoms in total. The molecule has 0 aromatic heterocycles. The van der Waals surface area contributed by atoms with E-state index in [1.54, 1.807) is 0 Å². The number of carboxylic acid groups (broad SMARTS) is 1. The molecule has 1 N–H and O–H groups in total. The summed E-state index contributed by atoms with van der Waals surface area (Å²) in [5, 5.41) is 8.65. The second-order valence-corrected chi connectivity index (χ2v) is 4.72. The molecule has 6 heteroatoms. The van der Waals surface area contributed by atoms with Gasteiger partial charge in [-0.1, -0.05) is 13.8 Å². The number of halogens is 2. The number of carbonyl (C=O) groups is 1. The minimum atomic E-state index is -1.40. The summed E-state index contributed by atoms with van der Waals surface area (Å²) < 4.78 is 37.2. The minimum Gasteiger partial charge on any atom is -0.485 e. The van der Waals surface area contributed by atoms with Gasteiger partial charge >= 0.3 is 5.97 Å². The lowest BCUT2D eigenvalue weighted by atomic mass is 10.1. The zero-order chi connectivity index (χ0) is 15.1. The maximum atomic E-state index is 13.5. The first-order valence-electron chi connectivity index (χ1n) is 6.34. The fraction of sp³-hybridized carbons (Fsp3) is 0.500. The maximum absolute atomic E-state index is 13.5. The molecule has 0 unspecified atom stereocenters. The van der Waals surface area contributed by atoms with Gasteiger partial charge in [0.05, 0.1) is 12.2 Å². The van der Waals surface area contributed by atoms with Crippen molar-refractivity contribution in [2.75, 3.05) is 19.8 Å². The zero-order valence-electron chi connectivity index (χ0n) is 11.5. The highest BCUT2D eigenvalue weighted by Gasteiger charge is 2.15. The lowest BCUT2D eigenvalue weighted by molar-refractivity contribution is 0.0694. The Bertz CT molecular complexity index is 437. The summed E-state index contributed by atoms with van der Waals surface area (Å²) in [4.78, 5) is 10.6. The van der Waals surface area contributed by atoms with Crippen molar-refractivity contribution in [1.29, 1.82) is 0 Å². The molecule has 112 valence electrons. The highest BCUT2D eigenvalue weighted by molar-refractivity contribution is 5.87. The zero-order valence-corrected chi connectivity index (χ0v) is 11.5. The molecule has 0 heterocycles. The van der Waals surface area contributed by atoms with Crippen molar-refractivity contribution in [3.8, 4) is 5.75 Å². The van der Waals surface area contributed by atoms with Gasteiger partial charge in [-0.15, -0.1) is 0 Å². The van der Waals surface area contributed by atoms with Gasteiger partial charge in [-0.25, -0.2) is 13.6 Å².